The third-order valence-corrected chi connectivity index (χ3v) is 3.52. The molecule has 0 radical (unpaired) electrons. The van der Waals surface area contributed by atoms with Crippen molar-refractivity contribution in [1.82, 2.24) is 0 Å². The van der Waals surface area contributed by atoms with Crippen LogP contribution in [0, 0.1) is 0 Å². The Bertz CT molecular complexity index is 899. The van der Waals surface area contributed by atoms with E-state index in [1.807, 2.05) is 0 Å². The van der Waals surface area contributed by atoms with Gasteiger partial charge in [0.15, 0.2) is 0 Å². The third kappa shape index (κ3) is 6.10. The Hall–Kier alpha value is -3.94. The summed E-state index contributed by atoms with van der Waals surface area (Å²) in [6, 6.07) is 10.4. The smallest absolute Gasteiger partial charge is 0.330 e. The maximum atomic E-state index is 11.8. The third-order valence-electron chi connectivity index (χ3n) is 3.52. The molecular formula is C20H18N2O6. The highest BCUT2D eigenvalue weighted by molar-refractivity contribution is 6.05. The van der Waals surface area contributed by atoms with E-state index in [0.717, 1.165) is 35.1 Å². The molecule has 0 bridgehead atoms. The molecule has 8 nitrogen and oxygen atoms in total. The molecule has 0 aliphatic rings. The van der Waals surface area contributed by atoms with E-state index in [0.29, 0.717) is 11.4 Å². The van der Waals surface area contributed by atoms with Crippen LogP contribution in [0.5, 0.6) is 0 Å². The first-order chi connectivity index (χ1) is 13.4. The minimum atomic E-state index is -0.621. The quantitative estimate of drug-likeness (QED) is 0.585. The number of ether oxygens (including phenoxy) is 2. The molecule has 0 spiro atoms. The molecule has 8 heteroatoms. The van der Waals surface area contributed by atoms with Gasteiger partial charge in [0, 0.05) is 35.7 Å². The van der Waals surface area contributed by atoms with Gasteiger partial charge in [0.2, 0.25) is 11.8 Å². The van der Waals surface area contributed by atoms with Gasteiger partial charge in [-0.2, -0.15) is 0 Å². The molecule has 144 valence electrons. The molecule has 2 rings (SSSR count). The fraction of sp³-hybridized carbons (Fsp3) is 0.100. The lowest BCUT2D eigenvalue weighted by molar-refractivity contribution is -0.135. The van der Waals surface area contributed by atoms with Crippen LogP contribution in [0.3, 0.4) is 0 Å². The van der Waals surface area contributed by atoms with Gasteiger partial charge in [0.1, 0.15) is 0 Å². The van der Waals surface area contributed by atoms with E-state index in [4.69, 9.17) is 0 Å². The zero-order valence-corrected chi connectivity index (χ0v) is 15.2. The van der Waals surface area contributed by atoms with Crippen molar-refractivity contribution in [3.05, 3.63) is 60.7 Å². The van der Waals surface area contributed by atoms with E-state index in [-0.39, 0.29) is 0 Å². The van der Waals surface area contributed by atoms with Crippen molar-refractivity contribution in [1.29, 1.82) is 0 Å². The normalized spacial score (nSPS) is 10.8. The highest BCUT2D eigenvalue weighted by Crippen LogP contribution is 2.23. The van der Waals surface area contributed by atoms with Crippen molar-refractivity contribution >= 4 is 45.9 Å². The number of amides is 2. The number of carbonyl (C=O) groups excluding carboxylic acids is 4. The molecule has 0 atom stereocenters. The number of rotatable bonds is 6. The number of carbonyl (C=O) groups is 4. The average Bonchev–Trinajstić information content (AvgIpc) is 2.70. The summed E-state index contributed by atoms with van der Waals surface area (Å²) < 4.78 is 8.83. The summed E-state index contributed by atoms with van der Waals surface area (Å²) in [7, 11) is 2.44. The number of esters is 2. The largest absolute Gasteiger partial charge is 0.466 e. The lowest BCUT2D eigenvalue weighted by atomic mass is 10.1. The van der Waals surface area contributed by atoms with E-state index >= 15 is 0 Å². The molecule has 2 N–H and O–H groups in total. The Morgan fingerprint density at radius 1 is 0.679 bits per heavy atom. The summed E-state index contributed by atoms with van der Waals surface area (Å²) in [6.45, 7) is 0. The maximum Gasteiger partial charge on any atom is 0.330 e. The molecule has 0 saturated heterocycles. The van der Waals surface area contributed by atoms with Crippen LogP contribution in [0.1, 0.15) is 0 Å². The van der Waals surface area contributed by atoms with Crippen molar-refractivity contribution in [3.8, 4) is 0 Å². The standard InChI is InChI=1S/C20H18N2O6/c1-27-19(25)9-7-17(23)21-15-5-3-14-12-16(6-4-13(14)11-15)22-18(24)8-10-20(26)28-2/h3-12H,1-2H3,(H,21,23)(H,22,24)/b9-7-,10-8-. The molecule has 0 aromatic heterocycles. The molecule has 2 amide bonds. The first kappa shape index (κ1) is 20.4. The maximum absolute atomic E-state index is 11.8. The summed E-state index contributed by atoms with van der Waals surface area (Å²) in [5.74, 6) is -2.17. The summed E-state index contributed by atoms with van der Waals surface area (Å²) in [4.78, 5) is 45.6. The number of anilines is 2. The van der Waals surface area contributed by atoms with Crippen LogP contribution in [-0.2, 0) is 28.7 Å². The number of fused-ring (bicyclic) bond motifs is 1. The Balaban J connectivity index is 2.07. The Morgan fingerprint density at radius 3 is 1.43 bits per heavy atom. The minimum Gasteiger partial charge on any atom is -0.466 e. The van der Waals surface area contributed by atoms with E-state index in [1.54, 1.807) is 36.4 Å². The van der Waals surface area contributed by atoms with Gasteiger partial charge < -0.3 is 20.1 Å². The Kier molecular flexibility index (Phi) is 7.04. The number of nitrogens with one attached hydrogen (secondary N) is 2. The zero-order valence-electron chi connectivity index (χ0n) is 15.2. The van der Waals surface area contributed by atoms with Crippen molar-refractivity contribution in [2.45, 2.75) is 0 Å². The topological polar surface area (TPSA) is 111 Å². The molecule has 0 aliphatic heterocycles. The van der Waals surface area contributed by atoms with Gasteiger partial charge in [0.05, 0.1) is 14.2 Å². The summed E-state index contributed by atoms with van der Waals surface area (Å²) in [5.41, 5.74) is 1.09. The monoisotopic (exact) mass is 382 g/mol. The van der Waals surface area contributed by atoms with Crippen LogP contribution >= 0.6 is 0 Å². The summed E-state index contributed by atoms with van der Waals surface area (Å²) in [6.07, 6.45) is 4.22. The first-order valence-corrected chi connectivity index (χ1v) is 8.09. The van der Waals surface area contributed by atoms with Crippen LogP contribution in [0.2, 0.25) is 0 Å². The van der Waals surface area contributed by atoms with Crippen LogP contribution in [0.15, 0.2) is 60.7 Å². The van der Waals surface area contributed by atoms with Gasteiger partial charge in [-0.3, -0.25) is 9.59 Å². The second kappa shape index (κ2) is 9.67. The summed E-state index contributed by atoms with van der Waals surface area (Å²) in [5, 5.41) is 6.94. The Labute approximate surface area is 160 Å². The SMILES string of the molecule is COC(=O)/C=C\C(=O)Nc1ccc2cc(NC(=O)/C=C\C(=O)OC)ccc2c1. The fourth-order valence-corrected chi connectivity index (χ4v) is 2.19. The van der Waals surface area contributed by atoms with Gasteiger partial charge in [-0.1, -0.05) is 12.1 Å². The molecule has 0 heterocycles. The lowest BCUT2D eigenvalue weighted by Gasteiger charge is -2.07. The van der Waals surface area contributed by atoms with Crippen LogP contribution in [0.25, 0.3) is 10.8 Å². The molecule has 2 aromatic carbocycles. The predicted molar refractivity (Wildman–Crippen MR) is 104 cm³/mol. The van der Waals surface area contributed by atoms with Crippen LogP contribution in [-0.4, -0.2) is 38.0 Å². The number of hydrogen-bond acceptors (Lipinski definition) is 6. The van der Waals surface area contributed by atoms with Crippen molar-refractivity contribution in [2.75, 3.05) is 24.9 Å². The van der Waals surface area contributed by atoms with Gasteiger partial charge in [-0.25, -0.2) is 9.59 Å². The molecule has 2 aromatic rings. The highest BCUT2D eigenvalue weighted by Gasteiger charge is 2.04. The van der Waals surface area contributed by atoms with E-state index in [1.165, 1.54) is 14.2 Å². The minimum absolute atomic E-state index is 0.467. The van der Waals surface area contributed by atoms with E-state index < -0.39 is 23.8 Å². The van der Waals surface area contributed by atoms with Gasteiger partial charge in [0.25, 0.3) is 0 Å². The van der Waals surface area contributed by atoms with Crippen LogP contribution < -0.4 is 10.6 Å². The average molecular weight is 382 g/mol. The number of benzene rings is 2. The van der Waals surface area contributed by atoms with Gasteiger partial charge in [-0.15, -0.1) is 0 Å². The van der Waals surface area contributed by atoms with Crippen molar-refractivity contribution in [3.63, 3.8) is 0 Å². The zero-order chi connectivity index (χ0) is 20.5. The van der Waals surface area contributed by atoms with Gasteiger partial charge in [-0.05, 0) is 35.0 Å². The molecule has 0 unspecified atom stereocenters. The first-order valence-electron chi connectivity index (χ1n) is 8.09. The molecular weight excluding hydrogens is 364 g/mol. The molecule has 0 aliphatic carbocycles. The van der Waals surface area contributed by atoms with Crippen LogP contribution in [0.4, 0.5) is 11.4 Å². The second-order valence-electron chi connectivity index (χ2n) is 5.47. The second-order valence-corrected chi connectivity index (χ2v) is 5.47. The summed E-state index contributed by atoms with van der Waals surface area (Å²) >= 11 is 0. The van der Waals surface area contributed by atoms with Crippen molar-refractivity contribution < 1.29 is 28.7 Å². The van der Waals surface area contributed by atoms with E-state index in [9.17, 15) is 19.2 Å². The van der Waals surface area contributed by atoms with Gasteiger partial charge >= 0.3 is 11.9 Å². The predicted octanol–water partition coefficient (Wildman–Crippen LogP) is 2.18. The molecule has 0 fully saturated rings. The lowest BCUT2D eigenvalue weighted by Crippen LogP contribution is -2.09. The molecule has 0 saturated carbocycles. The highest BCUT2D eigenvalue weighted by atomic mass is 16.5. The van der Waals surface area contributed by atoms with Crippen molar-refractivity contribution in [2.24, 2.45) is 0 Å². The Morgan fingerprint density at radius 2 is 1.07 bits per heavy atom. The molecule has 28 heavy (non-hydrogen) atoms. The van der Waals surface area contributed by atoms with E-state index in [2.05, 4.69) is 20.1 Å². The fourth-order valence-electron chi connectivity index (χ4n) is 2.19. The number of hydrogen-bond donors (Lipinski definition) is 2. The number of methoxy groups -OCH3 is 2.